The topological polar surface area (TPSA) is 34.1 Å². The summed E-state index contributed by atoms with van der Waals surface area (Å²) in [7, 11) is 1.68. The number of benzene rings is 1. The van der Waals surface area contributed by atoms with E-state index >= 15 is 0 Å². The Balaban J connectivity index is 0.000000861. The van der Waals surface area contributed by atoms with Crippen LogP contribution >= 0.6 is 0 Å². The summed E-state index contributed by atoms with van der Waals surface area (Å²) in [4.78, 5) is 4.07. The summed E-state index contributed by atoms with van der Waals surface area (Å²) in [6.45, 7) is 6.87. The Morgan fingerprint density at radius 1 is 1.21 bits per heavy atom. The molecule has 3 heteroatoms. The number of aromatic nitrogens is 1. The van der Waals surface area contributed by atoms with E-state index in [2.05, 4.69) is 29.4 Å². The van der Waals surface area contributed by atoms with Gasteiger partial charge in [-0.25, -0.2) is 0 Å². The first kappa shape index (κ1) is 15.0. The fourth-order valence-corrected chi connectivity index (χ4v) is 1.63. The van der Waals surface area contributed by atoms with E-state index in [1.165, 1.54) is 11.1 Å². The van der Waals surface area contributed by atoms with Gasteiger partial charge in [-0.3, -0.25) is 4.98 Å². The zero-order chi connectivity index (χ0) is 14.1. The van der Waals surface area contributed by atoms with Gasteiger partial charge in [-0.2, -0.15) is 0 Å². The van der Waals surface area contributed by atoms with Gasteiger partial charge in [-0.1, -0.05) is 19.9 Å². The van der Waals surface area contributed by atoms with Gasteiger partial charge in [-0.15, -0.1) is 0 Å². The summed E-state index contributed by atoms with van der Waals surface area (Å²) >= 11 is 0. The Hall–Kier alpha value is -2.03. The molecule has 0 bridgehead atoms. The van der Waals surface area contributed by atoms with Crippen molar-refractivity contribution in [2.24, 2.45) is 0 Å². The Bertz CT molecular complexity index is 483. The van der Waals surface area contributed by atoms with Gasteiger partial charge in [0.15, 0.2) is 0 Å². The first-order chi connectivity index (χ1) is 9.29. The van der Waals surface area contributed by atoms with E-state index in [1.807, 2.05) is 38.2 Å². The van der Waals surface area contributed by atoms with Crippen LogP contribution in [0.5, 0.6) is 5.75 Å². The van der Waals surface area contributed by atoms with Gasteiger partial charge < -0.3 is 10.1 Å². The highest BCUT2D eigenvalue weighted by atomic mass is 16.5. The maximum atomic E-state index is 5.22. The summed E-state index contributed by atoms with van der Waals surface area (Å²) < 4.78 is 5.22. The largest absolute Gasteiger partial charge is 0.497 e. The molecule has 0 aliphatic heterocycles. The van der Waals surface area contributed by atoms with Crippen LogP contribution in [0.3, 0.4) is 0 Å². The molecule has 0 unspecified atom stereocenters. The Labute approximate surface area is 115 Å². The molecule has 2 aromatic rings. The second kappa shape index (κ2) is 8.14. The lowest BCUT2D eigenvalue weighted by Gasteiger charge is -2.10. The van der Waals surface area contributed by atoms with E-state index < -0.39 is 0 Å². The standard InChI is InChI=1S/C14H16N2O.C2H6/c1-11-5-6-14(17-2)8-12(11)9-16-13-4-3-7-15-10-13;1-2/h3-8,10,16H,9H2,1-2H3;1-2H3. The van der Waals surface area contributed by atoms with E-state index in [9.17, 15) is 0 Å². The molecular formula is C16H22N2O. The number of nitrogens with zero attached hydrogens (tertiary/aromatic N) is 1. The first-order valence-corrected chi connectivity index (χ1v) is 6.57. The van der Waals surface area contributed by atoms with Crippen LogP contribution in [0.25, 0.3) is 0 Å². The van der Waals surface area contributed by atoms with E-state index in [0.717, 1.165) is 18.0 Å². The van der Waals surface area contributed by atoms with Crippen molar-refractivity contribution in [1.82, 2.24) is 4.98 Å². The van der Waals surface area contributed by atoms with Gasteiger partial charge in [0, 0.05) is 18.9 Å². The van der Waals surface area contributed by atoms with Crippen molar-refractivity contribution in [1.29, 1.82) is 0 Å². The number of hydrogen-bond acceptors (Lipinski definition) is 3. The van der Waals surface area contributed by atoms with E-state index in [1.54, 1.807) is 13.3 Å². The van der Waals surface area contributed by atoms with Crippen LogP contribution in [0.1, 0.15) is 25.0 Å². The van der Waals surface area contributed by atoms with Crippen LogP contribution in [0, 0.1) is 6.92 Å². The van der Waals surface area contributed by atoms with Crippen molar-refractivity contribution in [3.63, 3.8) is 0 Å². The van der Waals surface area contributed by atoms with Crippen molar-refractivity contribution in [2.75, 3.05) is 12.4 Å². The first-order valence-electron chi connectivity index (χ1n) is 6.57. The molecule has 1 aromatic carbocycles. The highest BCUT2D eigenvalue weighted by molar-refractivity contribution is 5.43. The molecular weight excluding hydrogens is 236 g/mol. The molecule has 0 fully saturated rings. The molecule has 0 spiro atoms. The molecule has 0 radical (unpaired) electrons. The minimum absolute atomic E-state index is 0.773. The zero-order valence-corrected chi connectivity index (χ0v) is 12.1. The molecule has 2 rings (SSSR count). The van der Waals surface area contributed by atoms with Crippen molar-refractivity contribution < 1.29 is 4.74 Å². The number of nitrogens with one attached hydrogen (secondary N) is 1. The molecule has 1 N–H and O–H groups in total. The van der Waals surface area contributed by atoms with E-state index in [-0.39, 0.29) is 0 Å². The van der Waals surface area contributed by atoms with Crippen LogP contribution in [-0.2, 0) is 6.54 Å². The molecule has 1 heterocycles. The fraction of sp³-hybridized carbons (Fsp3) is 0.312. The maximum Gasteiger partial charge on any atom is 0.119 e. The van der Waals surface area contributed by atoms with Crippen molar-refractivity contribution in [3.05, 3.63) is 53.9 Å². The molecule has 102 valence electrons. The SMILES string of the molecule is CC.COc1ccc(C)c(CNc2cccnc2)c1. The summed E-state index contributed by atoms with van der Waals surface area (Å²) in [6, 6.07) is 10.0. The smallest absolute Gasteiger partial charge is 0.119 e. The summed E-state index contributed by atoms with van der Waals surface area (Å²) in [5, 5.41) is 3.34. The summed E-state index contributed by atoms with van der Waals surface area (Å²) in [5.41, 5.74) is 3.50. The van der Waals surface area contributed by atoms with Gasteiger partial charge in [0.05, 0.1) is 12.8 Å². The molecule has 0 atom stereocenters. The average molecular weight is 258 g/mol. The zero-order valence-electron chi connectivity index (χ0n) is 12.1. The van der Waals surface area contributed by atoms with Gasteiger partial charge in [0.2, 0.25) is 0 Å². The number of pyridine rings is 1. The Kier molecular flexibility index (Phi) is 6.44. The van der Waals surface area contributed by atoms with Crippen LogP contribution in [0.2, 0.25) is 0 Å². The summed E-state index contributed by atoms with van der Waals surface area (Å²) in [5.74, 6) is 0.888. The molecule has 0 saturated heterocycles. The number of rotatable bonds is 4. The van der Waals surface area contributed by atoms with Crippen molar-refractivity contribution >= 4 is 5.69 Å². The van der Waals surface area contributed by atoms with Crippen LogP contribution in [0.15, 0.2) is 42.7 Å². The third-order valence-corrected chi connectivity index (χ3v) is 2.70. The monoisotopic (exact) mass is 258 g/mol. The second-order valence-corrected chi connectivity index (χ2v) is 3.89. The van der Waals surface area contributed by atoms with Gasteiger partial charge in [-0.05, 0) is 42.3 Å². The molecule has 19 heavy (non-hydrogen) atoms. The number of ether oxygens (including phenoxy) is 1. The number of aryl methyl sites for hydroxylation is 1. The van der Waals surface area contributed by atoms with Gasteiger partial charge in [0.25, 0.3) is 0 Å². The fourth-order valence-electron chi connectivity index (χ4n) is 1.63. The van der Waals surface area contributed by atoms with Crippen molar-refractivity contribution in [2.45, 2.75) is 27.3 Å². The molecule has 3 nitrogen and oxygen atoms in total. The lowest BCUT2D eigenvalue weighted by atomic mass is 10.1. The maximum absolute atomic E-state index is 5.22. The number of hydrogen-bond donors (Lipinski definition) is 1. The Morgan fingerprint density at radius 2 is 2.00 bits per heavy atom. The lowest BCUT2D eigenvalue weighted by molar-refractivity contribution is 0.414. The minimum atomic E-state index is 0.773. The number of anilines is 1. The van der Waals surface area contributed by atoms with Crippen LogP contribution in [0.4, 0.5) is 5.69 Å². The third kappa shape index (κ3) is 4.62. The predicted molar refractivity (Wildman–Crippen MR) is 80.6 cm³/mol. The molecule has 1 aromatic heterocycles. The number of methoxy groups -OCH3 is 1. The molecule has 0 saturated carbocycles. The highest BCUT2D eigenvalue weighted by Crippen LogP contribution is 2.18. The highest BCUT2D eigenvalue weighted by Gasteiger charge is 2.00. The molecule has 0 amide bonds. The minimum Gasteiger partial charge on any atom is -0.497 e. The summed E-state index contributed by atoms with van der Waals surface area (Å²) in [6.07, 6.45) is 3.58. The third-order valence-electron chi connectivity index (χ3n) is 2.70. The quantitative estimate of drug-likeness (QED) is 0.898. The van der Waals surface area contributed by atoms with E-state index in [4.69, 9.17) is 4.74 Å². The second-order valence-electron chi connectivity index (χ2n) is 3.89. The lowest BCUT2D eigenvalue weighted by Crippen LogP contribution is -2.01. The normalized spacial score (nSPS) is 9.26. The average Bonchev–Trinajstić information content (AvgIpc) is 2.49. The van der Waals surface area contributed by atoms with Crippen LogP contribution < -0.4 is 10.1 Å². The van der Waals surface area contributed by atoms with E-state index in [0.29, 0.717) is 0 Å². The predicted octanol–water partition coefficient (Wildman–Crippen LogP) is 4.04. The Morgan fingerprint density at radius 3 is 2.63 bits per heavy atom. The molecule has 0 aliphatic carbocycles. The molecule has 0 aliphatic rings. The van der Waals surface area contributed by atoms with Crippen molar-refractivity contribution in [3.8, 4) is 5.75 Å². The van der Waals surface area contributed by atoms with Gasteiger partial charge in [0.1, 0.15) is 5.75 Å². The van der Waals surface area contributed by atoms with Crippen LogP contribution in [-0.4, -0.2) is 12.1 Å². The van der Waals surface area contributed by atoms with Gasteiger partial charge >= 0.3 is 0 Å².